The molecule has 4 rings (SSSR count). The van der Waals surface area contributed by atoms with E-state index < -0.39 is 0 Å². The highest BCUT2D eigenvalue weighted by Crippen LogP contribution is 2.31. The molecule has 0 aromatic heterocycles. The van der Waals surface area contributed by atoms with Crippen molar-refractivity contribution in [3.8, 4) is 0 Å². The van der Waals surface area contributed by atoms with Gasteiger partial charge in [-0.25, -0.2) is 0 Å². The van der Waals surface area contributed by atoms with Crippen LogP contribution in [0.15, 0.2) is 53.5 Å². The van der Waals surface area contributed by atoms with Crippen molar-refractivity contribution < 1.29 is 4.79 Å². The summed E-state index contributed by atoms with van der Waals surface area (Å²) in [5, 5.41) is 9.74. The van der Waals surface area contributed by atoms with Gasteiger partial charge in [-0.2, -0.15) is 0 Å². The van der Waals surface area contributed by atoms with E-state index in [9.17, 15) is 4.79 Å². The lowest BCUT2D eigenvalue weighted by Gasteiger charge is -2.30. The summed E-state index contributed by atoms with van der Waals surface area (Å²) in [7, 11) is 1.78. The molecule has 2 heterocycles. The van der Waals surface area contributed by atoms with Crippen molar-refractivity contribution in [2.24, 2.45) is 10.9 Å². The van der Waals surface area contributed by atoms with Gasteiger partial charge in [-0.1, -0.05) is 49.4 Å². The standard InChI is InChI=1S/C26H35N5O/c1-19-6-5-13-31(17-19)18-21-11-9-20(10-12-21)15-28-26(27-2)29-16-22-14-25(32)30-24-8-4-3-7-23(22)24/h3-4,7-12,19,22H,5-6,13-18H2,1-2H3,(H,30,32)(H2,27,28,29). The lowest BCUT2D eigenvalue weighted by atomic mass is 9.90. The third-order valence-electron chi connectivity index (χ3n) is 6.48. The molecule has 3 N–H and O–H groups in total. The van der Waals surface area contributed by atoms with Gasteiger partial charge >= 0.3 is 0 Å². The molecule has 32 heavy (non-hydrogen) atoms. The summed E-state index contributed by atoms with van der Waals surface area (Å²) in [5.41, 5.74) is 4.69. The number of hydrogen-bond acceptors (Lipinski definition) is 3. The first-order chi connectivity index (χ1) is 15.6. The molecule has 2 aliphatic heterocycles. The zero-order chi connectivity index (χ0) is 22.3. The number of likely N-dealkylation sites (tertiary alicyclic amines) is 1. The molecule has 2 aromatic carbocycles. The molecule has 2 aromatic rings. The van der Waals surface area contributed by atoms with E-state index in [1.807, 2.05) is 18.2 Å². The molecule has 2 unspecified atom stereocenters. The molecule has 2 atom stereocenters. The van der Waals surface area contributed by atoms with Crippen LogP contribution in [0.4, 0.5) is 5.69 Å². The molecule has 6 nitrogen and oxygen atoms in total. The molecule has 0 radical (unpaired) electrons. The number of para-hydroxylation sites is 1. The Morgan fingerprint density at radius 3 is 2.69 bits per heavy atom. The maximum atomic E-state index is 12.0. The van der Waals surface area contributed by atoms with Gasteiger partial charge in [0.2, 0.25) is 5.91 Å². The van der Waals surface area contributed by atoms with Crippen LogP contribution in [-0.4, -0.2) is 43.4 Å². The van der Waals surface area contributed by atoms with E-state index in [1.54, 1.807) is 7.05 Å². The smallest absolute Gasteiger partial charge is 0.225 e. The van der Waals surface area contributed by atoms with Gasteiger partial charge < -0.3 is 16.0 Å². The third-order valence-corrected chi connectivity index (χ3v) is 6.48. The Labute approximate surface area is 191 Å². The van der Waals surface area contributed by atoms with E-state index in [-0.39, 0.29) is 11.8 Å². The van der Waals surface area contributed by atoms with Crippen LogP contribution in [0.5, 0.6) is 0 Å². The number of nitrogens with zero attached hydrogens (tertiary/aromatic N) is 2. The van der Waals surface area contributed by atoms with Gasteiger partial charge in [0.1, 0.15) is 0 Å². The van der Waals surface area contributed by atoms with Crippen molar-refractivity contribution in [2.45, 2.75) is 45.2 Å². The van der Waals surface area contributed by atoms with E-state index in [2.05, 4.69) is 63.1 Å². The number of rotatable bonds is 6. The van der Waals surface area contributed by atoms with Crippen LogP contribution in [0.25, 0.3) is 0 Å². The summed E-state index contributed by atoms with van der Waals surface area (Å²) in [6, 6.07) is 16.9. The fourth-order valence-electron chi connectivity index (χ4n) is 4.76. The maximum Gasteiger partial charge on any atom is 0.225 e. The molecule has 0 bridgehead atoms. The Balaban J connectivity index is 1.26. The minimum absolute atomic E-state index is 0.0672. The van der Waals surface area contributed by atoms with Gasteiger partial charge in [-0.05, 0) is 48.1 Å². The lowest BCUT2D eigenvalue weighted by Crippen LogP contribution is -2.40. The number of piperidine rings is 1. The number of guanidine groups is 1. The number of aliphatic imine (C=N–C) groups is 1. The molecular weight excluding hydrogens is 398 g/mol. The van der Waals surface area contributed by atoms with E-state index >= 15 is 0 Å². The van der Waals surface area contributed by atoms with Crippen LogP contribution in [0, 0.1) is 5.92 Å². The van der Waals surface area contributed by atoms with Crippen LogP contribution in [-0.2, 0) is 17.9 Å². The van der Waals surface area contributed by atoms with Gasteiger partial charge in [0, 0.05) is 51.3 Å². The van der Waals surface area contributed by atoms with Crippen LogP contribution in [0.1, 0.15) is 48.8 Å². The first kappa shape index (κ1) is 22.3. The van der Waals surface area contributed by atoms with E-state index in [0.717, 1.165) is 24.1 Å². The van der Waals surface area contributed by atoms with Gasteiger partial charge in [0.15, 0.2) is 5.96 Å². The Hall–Kier alpha value is -2.86. The predicted octanol–water partition coefficient (Wildman–Crippen LogP) is 3.71. The van der Waals surface area contributed by atoms with Crippen molar-refractivity contribution in [3.63, 3.8) is 0 Å². The molecule has 1 fully saturated rings. The van der Waals surface area contributed by atoms with Crippen LogP contribution < -0.4 is 16.0 Å². The number of nitrogens with one attached hydrogen (secondary N) is 3. The van der Waals surface area contributed by atoms with Crippen molar-refractivity contribution in [3.05, 3.63) is 65.2 Å². The number of fused-ring (bicyclic) bond motifs is 1. The summed E-state index contributed by atoms with van der Waals surface area (Å²) < 4.78 is 0. The molecule has 0 aliphatic carbocycles. The predicted molar refractivity (Wildman–Crippen MR) is 131 cm³/mol. The Morgan fingerprint density at radius 2 is 1.91 bits per heavy atom. The Bertz CT molecular complexity index is 939. The van der Waals surface area contributed by atoms with E-state index in [1.165, 1.54) is 42.6 Å². The fourth-order valence-corrected chi connectivity index (χ4v) is 4.76. The number of amides is 1. The summed E-state index contributed by atoms with van der Waals surface area (Å²) in [4.78, 5) is 19.0. The normalized spacial score (nSPS) is 21.6. The Kier molecular flexibility index (Phi) is 7.43. The van der Waals surface area contributed by atoms with Crippen molar-refractivity contribution >= 4 is 17.6 Å². The highest BCUT2D eigenvalue weighted by Gasteiger charge is 2.24. The average molecular weight is 434 g/mol. The third kappa shape index (κ3) is 5.88. The zero-order valence-electron chi connectivity index (χ0n) is 19.2. The molecule has 2 aliphatic rings. The van der Waals surface area contributed by atoms with Crippen molar-refractivity contribution in [1.29, 1.82) is 0 Å². The number of benzene rings is 2. The highest BCUT2D eigenvalue weighted by atomic mass is 16.1. The van der Waals surface area contributed by atoms with Crippen molar-refractivity contribution in [1.82, 2.24) is 15.5 Å². The second kappa shape index (κ2) is 10.6. The van der Waals surface area contributed by atoms with Gasteiger partial charge in [-0.15, -0.1) is 0 Å². The summed E-state index contributed by atoms with van der Waals surface area (Å²) in [6.07, 6.45) is 3.15. The summed E-state index contributed by atoms with van der Waals surface area (Å²) in [6.45, 7) is 7.18. The molecule has 0 saturated carbocycles. The number of carbonyl (C=O) groups is 1. The molecule has 6 heteroatoms. The molecule has 0 spiro atoms. The topological polar surface area (TPSA) is 68.8 Å². The van der Waals surface area contributed by atoms with Gasteiger partial charge in [0.05, 0.1) is 0 Å². The second-order valence-corrected chi connectivity index (χ2v) is 9.14. The fraction of sp³-hybridized carbons (Fsp3) is 0.462. The second-order valence-electron chi connectivity index (χ2n) is 9.14. The van der Waals surface area contributed by atoms with Gasteiger partial charge in [-0.3, -0.25) is 14.7 Å². The van der Waals surface area contributed by atoms with E-state index in [4.69, 9.17) is 0 Å². The summed E-state index contributed by atoms with van der Waals surface area (Å²) >= 11 is 0. The number of hydrogen-bond donors (Lipinski definition) is 3. The molecule has 1 amide bonds. The highest BCUT2D eigenvalue weighted by molar-refractivity contribution is 5.94. The van der Waals surface area contributed by atoms with Crippen LogP contribution in [0.2, 0.25) is 0 Å². The largest absolute Gasteiger partial charge is 0.356 e. The lowest BCUT2D eigenvalue weighted by molar-refractivity contribution is -0.116. The zero-order valence-corrected chi connectivity index (χ0v) is 19.2. The number of carbonyl (C=O) groups excluding carboxylic acids is 1. The maximum absolute atomic E-state index is 12.0. The van der Waals surface area contributed by atoms with E-state index in [0.29, 0.717) is 19.5 Å². The number of anilines is 1. The molecule has 1 saturated heterocycles. The molecule has 170 valence electrons. The first-order valence-corrected chi connectivity index (χ1v) is 11.7. The average Bonchev–Trinajstić information content (AvgIpc) is 2.80. The van der Waals surface area contributed by atoms with Crippen LogP contribution >= 0.6 is 0 Å². The monoisotopic (exact) mass is 433 g/mol. The minimum Gasteiger partial charge on any atom is -0.356 e. The first-order valence-electron chi connectivity index (χ1n) is 11.7. The van der Waals surface area contributed by atoms with Crippen LogP contribution in [0.3, 0.4) is 0 Å². The Morgan fingerprint density at radius 1 is 1.12 bits per heavy atom. The summed E-state index contributed by atoms with van der Waals surface area (Å²) in [5.74, 6) is 1.76. The molecular formula is C26H35N5O. The van der Waals surface area contributed by atoms with Crippen molar-refractivity contribution in [2.75, 3.05) is 32.0 Å². The van der Waals surface area contributed by atoms with Gasteiger partial charge in [0.25, 0.3) is 0 Å². The quantitative estimate of drug-likeness (QED) is 0.480. The SMILES string of the molecule is CN=C(NCc1ccc(CN2CCCC(C)C2)cc1)NCC1CC(=O)Nc2ccccc21. The minimum atomic E-state index is 0.0672.